The van der Waals surface area contributed by atoms with Crippen LogP contribution in [0.1, 0.15) is 54.4 Å². The Kier molecular flexibility index (Phi) is 4.84. The minimum Gasteiger partial charge on any atom is -0.460 e. The Morgan fingerprint density at radius 3 is 2.15 bits per heavy atom. The molecule has 0 aromatic carbocycles. The molecular formula is C15H25NO4. The quantitative estimate of drug-likeness (QED) is 0.791. The maximum absolute atomic E-state index is 11.9. The van der Waals surface area contributed by atoms with Crippen molar-refractivity contribution >= 4 is 12.1 Å². The summed E-state index contributed by atoms with van der Waals surface area (Å²) in [5, 5.41) is 2.68. The zero-order chi connectivity index (χ0) is 15.6. The molecule has 1 rings (SSSR count). The number of hydrogen-bond donors (Lipinski definition) is 1. The third-order valence-electron chi connectivity index (χ3n) is 2.52. The highest BCUT2D eigenvalue weighted by Gasteiger charge is 2.29. The molecule has 1 amide bonds. The van der Waals surface area contributed by atoms with E-state index in [9.17, 15) is 9.59 Å². The van der Waals surface area contributed by atoms with E-state index in [1.54, 1.807) is 20.8 Å². The summed E-state index contributed by atoms with van der Waals surface area (Å²) in [6.07, 6.45) is 2.42. The van der Waals surface area contributed by atoms with E-state index in [-0.39, 0.29) is 11.9 Å². The molecule has 0 aromatic rings. The summed E-state index contributed by atoms with van der Waals surface area (Å²) >= 11 is 0. The first-order valence-corrected chi connectivity index (χ1v) is 6.88. The van der Waals surface area contributed by atoms with Crippen molar-refractivity contribution in [1.29, 1.82) is 0 Å². The molecule has 0 saturated carbocycles. The molecule has 114 valence electrons. The molecule has 0 spiro atoms. The van der Waals surface area contributed by atoms with Crippen molar-refractivity contribution in [3.05, 3.63) is 11.8 Å². The fourth-order valence-corrected chi connectivity index (χ4v) is 1.82. The molecule has 0 bridgehead atoms. The zero-order valence-electron chi connectivity index (χ0n) is 13.2. The topological polar surface area (TPSA) is 64.6 Å². The first-order chi connectivity index (χ1) is 8.96. The minimum atomic E-state index is -0.534. The number of carbonyl (C=O) groups excluding carboxylic acids is 2. The largest absolute Gasteiger partial charge is 0.460 e. The number of nitrogens with one attached hydrogen (secondary N) is 1. The van der Waals surface area contributed by atoms with E-state index in [4.69, 9.17) is 9.47 Å². The number of allylic oxidation sites excluding steroid dienone is 2. The molecule has 5 nitrogen and oxygen atoms in total. The molecule has 0 radical (unpaired) electrons. The first kappa shape index (κ1) is 16.5. The highest BCUT2D eigenvalue weighted by Crippen LogP contribution is 2.26. The van der Waals surface area contributed by atoms with Gasteiger partial charge in [-0.1, -0.05) is 6.08 Å². The summed E-state index contributed by atoms with van der Waals surface area (Å²) in [6, 6.07) is 0. The molecule has 0 saturated heterocycles. The molecule has 5 heteroatoms. The van der Waals surface area contributed by atoms with Crippen LogP contribution in [0.2, 0.25) is 0 Å². The number of hydrogen-bond acceptors (Lipinski definition) is 4. The van der Waals surface area contributed by atoms with Gasteiger partial charge in [0.25, 0.3) is 0 Å². The Hall–Kier alpha value is -1.52. The molecule has 0 heterocycles. The van der Waals surface area contributed by atoms with Gasteiger partial charge in [-0.2, -0.15) is 0 Å². The van der Waals surface area contributed by atoms with Crippen LogP contribution in [0.5, 0.6) is 0 Å². The SMILES string of the molecule is CC(C)(C)OC(=O)NC1=CCC(C(=O)OC(C)(C)C)C1. The van der Waals surface area contributed by atoms with Crippen molar-refractivity contribution in [3.63, 3.8) is 0 Å². The number of carbonyl (C=O) groups is 2. The van der Waals surface area contributed by atoms with Crippen molar-refractivity contribution in [2.75, 3.05) is 0 Å². The Morgan fingerprint density at radius 2 is 1.65 bits per heavy atom. The number of amides is 1. The van der Waals surface area contributed by atoms with Crippen molar-refractivity contribution in [3.8, 4) is 0 Å². The van der Waals surface area contributed by atoms with Crippen LogP contribution in [0.3, 0.4) is 0 Å². The molecule has 1 atom stereocenters. The fourth-order valence-electron chi connectivity index (χ4n) is 1.82. The van der Waals surface area contributed by atoms with Crippen LogP contribution >= 0.6 is 0 Å². The lowest BCUT2D eigenvalue weighted by atomic mass is 10.1. The Bertz CT molecular complexity index is 413. The highest BCUT2D eigenvalue weighted by atomic mass is 16.6. The molecule has 0 aromatic heterocycles. The molecule has 20 heavy (non-hydrogen) atoms. The molecule has 1 N–H and O–H groups in total. The lowest BCUT2D eigenvalue weighted by molar-refractivity contribution is -0.159. The second-order valence-electron chi connectivity index (χ2n) is 7.03. The molecule has 1 unspecified atom stereocenters. The summed E-state index contributed by atoms with van der Waals surface area (Å²) in [5.74, 6) is -0.450. The average Bonchev–Trinajstić information content (AvgIpc) is 2.59. The third kappa shape index (κ3) is 6.08. The number of rotatable bonds is 2. The van der Waals surface area contributed by atoms with E-state index in [1.807, 2.05) is 26.8 Å². The van der Waals surface area contributed by atoms with E-state index in [0.717, 1.165) is 5.70 Å². The standard InChI is InChI=1S/C15H25NO4/c1-14(2,3)19-12(17)10-7-8-11(9-10)16-13(18)20-15(4,5)6/h8,10H,7,9H2,1-6H3,(H,16,18). The Balaban J connectivity index is 2.43. The number of ether oxygens (including phenoxy) is 2. The lowest BCUT2D eigenvalue weighted by Crippen LogP contribution is -2.32. The van der Waals surface area contributed by atoms with Crippen LogP contribution in [0.4, 0.5) is 4.79 Å². The maximum Gasteiger partial charge on any atom is 0.411 e. The predicted octanol–water partition coefficient (Wildman–Crippen LogP) is 3.15. The van der Waals surface area contributed by atoms with E-state index < -0.39 is 17.3 Å². The van der Waals surface area contributed by atoms with Crippen LogP contribution in [-0.2, 0) is 14.3 Å². The molecule has 1 aliphatic rings. The van der Waals surface area contributed by atoms with E-state index >= 15 is 0 Å². The lowest BCUT2D eigenvalue weighted by Gasteiger charge is -2.22. The molecule has 1 aliphatic carbocycles. The first-order valence-electron chi connectivity index (χ1n) is 6.88. The van der Waals surface area contributed by atoms with Gasteiger partial charge in [-0.25, -0.2) is 4.79 Å². The summed E-state index contributed by atoms with van der Waals surface area (Å²) < 4.78 is 10.5. The van der Waals surface area contributed by atoms with Gasteiger partial charge in [0.2, 0.25) is 0 Å². The van der Waals surface area contributed by atoms with Gasteiger partial charge < -0.3 is 9.47 Å². The third-order valence-corrected chi connectivity index (χ3v) is 2.52. The van der Waals surface area contributed by atoms with E-state index in [2.05, 4.69) is 5.32 Å². The second kappa shape index (κ2) is 5.85. The molecule has 0 aliphatic heterocycles. The van der Waals surface area contributed by atoms with Gasteiger partial charge in [-0.05, 0) is 48.0 Å². The van der Waals surface area contributed by atoms with Crippen molar-refractivity contribution in [2.24, 2.45) is 5.92 Å². The monoisotopic (exact) mass is 283 g/mol. The van der Waals surface area contributed by atoms with Crippen LogP contribution in [0, 0.1) is 5.92 Å². The highest BCUT2D eigenvalue weighted by molar-refractivity contribution is 5.75. The molecular weight excluding hydrogens is 258 g/mol. The zero-order valence-corrected chi connectivity index (χ0v) is 13.2. The fraction of sp³-hybridized carbons (Fsp3) is 0.733. The Morgan fingerprint density at radius 1 is 1.10 bits per heavy atom. The maximum atomic E-state index is 11.9. The summed E-state index contributed by atoms with van der Waals surface area (Å²) in [7, 11) is 0. The predicted molar refractivity (Wildman–Crippen MR) is 76.0 cm³/mol. The van der Waals surface area contributed by atoms with Gasteiger partial charge in [-0.3, -0.25) is 10.1 Å². The second-order valence-corrected chi connectivity index (χ2v) is 7.03. The number of alkyl carbamates (subject to hydrolysis) is 1. The van der Waals surface area contributed by atoms with E-state index in [0.29, 0.717) is 12.8 Å². The molecule has 0 fully saturated rings. The summed E-state index contributed by atoms with van der Waals surface area (Å²) in [6.45, 7) is 10.9. The Labute approximate surface area is 120 Å². The average molecular weight is 283 g/mol. The van der Waals surface area contributed by atoms with Crippen LogP contribution in [0.15, 0.2) is 11.8 Å². The van der Waals surface area contributed by atoms with Gasteiger partial charge in [0.15, 0.2) is 0 Å². The van der Waals surface area contributed by atoms with Crippen LogP contribution in [0.25, 0.3) is 0 Å². The van der Waals surface area contributed by atoms with Gasteiger partial charge >= 0.3 is 12.1 Å². The van der Waals surface area contributed by atoms with Crippen LogP contribution < -0.4 is 5.32 Å². The van der Waals surface area contributed by atoms with Crippen LogP contribution in [-0.4, -0.2) is 23.3 Å². The summed E-state index contributed by atoms with van der Waals surface area (Å²) in [4.78, 5) is 23.6. The summed E-state index contributed by atoms with van der Waals surface area (Å²) in [5.41, 5.74) is -0.304. The van der Waals surface area contributed by atoms with Gasteiger partial charge in [-0.15, -0.1) is 0 Å². The van der Waals surface area contributed by atoms with Crippen molar-refractivity contribution in [1.82, 2.24) is 5.32 Å². The minimum absolute atomic E-state index is 0.223. The van der Waals surface area contributed by atoms with E-state index in [1.165, 1.54) is 0 Å². The number of esters is 1. The van der Waals surface area contributed by atoms with Gasteiger partial charge in [0.05, 0.1) is 5.92 Å². The van der Waals surface area contributed by atoms with Crippen molar-refractivity contribution < 1.29 is 19.1 Å². The van der Waals surface area contributed by atoms with Gasteiger partial charge in [0, 0.05) is 12.1 Å². The smallest absolute Gasteiger partial charge is 0.411 e. The van der Waals surface area contributed by atoms with Gasteiger partial charge in [0.1, 0.15) is 11.2 Å². The van der Waals surface area contributed by atoms with Crippen molar-refractivity contribution in [2.45, 2.75) is 65.6 Å². The normalized spacial score (nSPS) is 19.3.